The molecule has 0 saturated heterocycles. The second kappa shape index (κ2) is 4.65. The lowest BCUT2D eigenvalue weighted by molar-refractivity contribution is 0.404. The molecule has 0 radical (unpaired) electrons. The number of aromatic nitrogens is 3. The summed E-state index contributed by atoms with van der Waals surface area (Å²) in [4.78, 5) is 4.10. The molecule has 6 heteroatoms. The number of hydrogen-bond donors (Lipinski definition) is 1. The first-order valence-corrected chi connectivity index (χ1v) is 4.92. The molecular formula is C11H12N4O2. The highest BCUT2D eigenvalue weighted by atomic mass is 16.5. The third kappa shape index (κ3) is 2.25. The molecule has 1 aromatic carbocycles. The average Bonchev–Trinajstić information content (AvgIpc) is 2.38. The van der Waals surface area contributed by atoms with Crippen molar-refractivity contribution in [2.75, 3.05) is 20.0 Å². The molecule has 0 atom stereocenters. The van der Waals surface area contributed by atoms with Crippen molar-refractivity contribution in [2.45, 2.75) is 0 Å². The van der Waals surface area contributed by atoms with Gasteiger partial charge in [-0.15, -0.1) is 5.10 Å². The van der Waals surface area contributed by atoms with Gasteiger partial charge in [0.15, 0.2) is 0 Å². The number of methoxy groups -OCH3 is 2. The SMILES string of the molecule is COc1ccc(OC)c(-c2cnnc(N)n2)c1. The van der Waals surface area contributed by atoms with E-state index in [-0.39, 0.29) is 5.95 Å². The van der Waals surface area contributed by atoms with Crippen LogP contribution in [0, 0.1) is 0 Å². The number of nitrogens with two attached hydrogens (primary N) is 1. The molecule has 2 rings (SSSR count). The van der Waals surface area contributed by atoms with Crippen LogP contribution < -0.4 is 15.2 Å². The van der Waals surface area contributed by atoms with Crippen molar-refractivity contribution in [3.63, 3.8) is 0 Å². The third-order valence-corrected chi connectivity index (χ3v) is 2.26. The van der Waals surface area contributed by atoms with E-state index in [1.54, 1.807) is 26.4 Å². The molecule has 0 saturated carbocycles. The van der Waals surface area contributed by atoms with Gasteiger partial charge in [0.1, 0.15) is 11.5 Å². The largest absolute Gasteiger partial charge is 0.497 e. The van der Waals surface area contributed by atoms with Gasteiger partial charge in [-0.05, 0) is 18.2 Å². The topological polar surface area (TPSA) is 83.2 Å². The van der Waals surface area contributed by atoms with Crippen LogP contribution in [0.3, 0.4) is 0 Å². The van der Waals surface area contributed by atoms with Crippen LogP contribution in [0.1, 0.15) is 0 Å². The predicted octanol–water partition coefficient (Wildman–Crippen LogP) is 1.14. The first kappa shape index (κ1) is 11.1. The van der Waals surface area contributed by atoms with Gasteiger partial charge in [0, 0.05) is 5.56 Å². The number of nitrogen functional groups attached to an aromatic ring is 1. The van der Waals surface area contributed by atoms with Gasteiger partial charge < -0.3 is 15.2 Å². The molecule has 17 heavy (non-hydrogen) atoms. The Kier molecular flexibility index (Phi) is 3.04. The average molecular weight is 232 g/mol. The molecule has 2 N–H and O–H groups in total. The van der Waals surface area contributed by atoms with Crippen molar-refractivity contribution in [1.29, 1.82) is 0 Å². The van der Waals surface area contributed by atoms with E-state index in [4.69, 9.17) is 15.2 Å². The van der Waals surface area contributed by atoms with E-state index >= 15 is 0 Å². The minimum atomic E-state index is 0.118. The standard InChI is InChI=1S/C11H12N4O2/c1-16-7-3-4-10(17-2)8(5-7)9-6-13-15-11(12)14-9/h3-6H,1-2H3,(H2,12,14,15). The Bertz CT molecular complexity index is 531. The van der Waals surface area contributed by atoms with Gasteiger partial charge in [-0.3, -0.25) is 0 Å². The minimum Gasteiger partial charge on any atom is -0.497 e. The number of rotatable bonds is 3. The molecule has 0 spiro atoms. The zero-order valence-electron chi connectivity index (χ0n) is 9.54. The third-order valence-electron chi connectivity index (χ3n) is 2.26. The van der Waals surface area contributed by atoms with Gasteiger partial charge in [-0.2, -0.15) is 5.10 Å². The van der Waals surface area contributed by atoms with Crippen LogP contribution in [0.4, 0.5) is 5.95 Å². The summed E-state index contributed by atoms with van der Waals surface area (Å²) >= 11 is 0. The molecule has 1 aromatic heterocycles. The molecule has 6 nitrogen and oxygen atoms in total. The molecule has 0 unspecified atom stereocenters. The molecule has 0 fully saturated rings. The number of hydrogen-bond acceptors (Lipinski definition) is 6. The van der Waals surface area contributed by atoms with Gasteiger partial charge in [-0.25, -0.2) is 4.98 Å². The highest BCUT2D eigenvalue weighted by Gasteiger charge is 2.09. The highest BCUT2D eigenvalue weighted by Crippen LogP contribution is 2.31. The first-order chi connectivity index (χ1) is 8.24. The van der Waals surface area contributed by atoms with Crippen LogP contribution in [0.5, 0.6) is 11.5 Å². The van der Waals surface area contributed by atoms with E-state index in [2.05, 4.69) is 15.2 Å². The summed E-state index contributed by atoms with van der Waals surface area (Å²) in [6, 6.07) is 5.41. The van der Waals surface area contributed by atoms with E-state index in [0.29, 0.717) is 17.2 Å². The van der Waals surface area contributed by atoms with Crippen molar-refractivity contribution in [1.82, 2.24) is 15.2 Å². The van der Waals surface area contributed by atoms with Crippen molar-refractivity contribution in [3.05, 3.63) is 24.4 Å². The first-order valence-electron chi connectivity index (χ1n) is 4.92. The van der Waals surface area contributed by atoms with E-state index in [9.17, 15) is 0 Å². The van der Waals surface area contributed by atoms with Crippen LogP contribution >= 0.6 is 0 Å². The second-order valence-corrected chi connectivity index (χ2v) is 3.27. The summed E-state index contributed by atoms with van der Waals surface area (Å²) < 4.78 is 10.4. The monoisotopic (exact) mass is 232 g/mol. The fourth-order valence-electron chi connectivity index (χ4n) is 1.46. The number of benzene rings is 1. The van der Waals surface area contributed by atoms with Crippen molar-refractivity contribution < 1.29 is 9.47 Å². The summed E-state index contributed by atoms with van der Waals surface area (Å²) in [5.41, 5.74) is 6.85. The molecule has 0 bridgehead atoms. The van der Waals surface area contributed by atoms with Crippen LogP contribution in [0.2, 0.25) is 0 Å². The summed E-state index contributed by atoms with van der Waals surface area (Å²) in [5.74, 6) is 1.50. The molecule has 0 aliphatic heterocycles. The van der Waals surface area contributed by atoms with Gasteiger partial charge in [0.25, 0.3) is 0 Å². The Balaban J connectivity index is 2.56. The fourth-order valence-corrected chi connectivity index (χ4v) is 1.46. The number of anilines is 1. The summed E-state index contributed by atoms with van der Waals surface area (Å²) in [6.07, 6.45) is 1.52. The summed E-state index contributed by atoms with van der Waals surface area (Å²) in [7, 11) is 3.18. The summed E-state index contributed by atoms with van der Waals surface area (Å²) in [6.45, 7) is 0. The molecule has 0 aliphatic rings. The van der Waals surface area contributed by atoms with Gasteiger partial charge in [0.2, 0.25) is 5.95 Å². The zero-order chi connectivity index (χ0) is 12.3. The highest BCUT2D eigenvalue weighted by molar-refractivity contribution is 5.68. The van der Waals surface area contributed by atoms with Crippen molar-refractivity contribution in [3.8, 4) is 22.8 Å². The lowest BCUT2D eigenvalue weighted by Crippen LogP contribution is -1.99. The van der Waals surface area contributed by atoms with E-state index in [0.717, 1.165) is 5.56 Å². The van der Waals surface area contributed by atoms with Gasteiger partial charge >= 0.3 is 0 Å². The maximum absolute atomic E-state index is 5.50. The normalized spacial score (nSPS) is 10.0. The van der Waals surface area contributed by atoms with Gasteiger partial charge in [-0.1, -0.05) is 0 Å². The van der Waals surface area contributed by atoms with Crippen LogP contribution in [0.15, 0.2) is 24.4 Å². The van der Waals surface area contributed by atoms with Crippen molar-refractivity contribution in [2.24, 2.45) is 0 Å². The molecule has 0 amide bonds. The Morgan fingerprint density at radius 2 is 2.00 bits per heavy atom. The predicted molar refractivity (Wildman–Crippen MR) is 62.8 cm³/mol. The Labute approximate surface area is 98.4 Å². The Morgan fingerprint density at radius 1 is 1.18 bits per heavy atom. The quantitative estimate of drug-likeness (QED) is 0.854. The summed E-state index contributed by atoms with van der Waals surface area (Å²) in [5, 5.41) is 7.37. The van der Waals surface area contributed by atoms with Crippen LogP contribution in [0.25, 0.3) is 11.3 Å². The van der Waals surface area contributed by atoms with Crippen LogP contribution in [-0.4, -0.2) is 29.4 Å². The van der Waals surface area contributed by atoms with Crippen molar-refractivity contribution >= 4 is 5.95 Å². The van der Waals surface area contributed by atoms with E-state index in [1.165, 1.54) is 6.20 Å². The van der Waals surface area contributed by atoms with Crippen LogP contribution in [-0.2, 0) is 0 Å². The molecule has 2 aromatic rings. The zero-order valence-corrected chi connectivity index (χ0v) is 9.54. The molecule has 0 aliphatic carbocycles. The smallest absolute Gasteiger partial charge is 0.240 e. The lowest BCUT2D eigenvalue weighted by atomic mass is 10.1. The van der Waals surface area contributed by atoms with E-state index < -0.39 is 0 Å². The Morgan fingerprint density at radius 3 is 2.65 bits per heavy atom. The van der Waals surface area contributed by atoms with E-state index in [1.807, 2.05) is 6.07 Å². The number of ether oxygens (including phenoxy) is 2. The second-order valence-electron chi connectivity index (χ2n) is 3.27. The fraction of sp³-hybridized carbons (Fsp3) is 0.182. The maximum Gasteiger partial charge on any atom is 0.240 e. The molecule has 1 heterocycles. The molecule has 88 valence electrons. The Hall–Kier alpha value is -2.37. The lowest BCUT2D eigenvalue weighted by Gasteiger charge is -2.09. The molecular weight excluding hydrogens is 220 g/mol. The minimum absolute atomic E-state index is 0.118. The maximum atomic E-state index is 5.50. The number of nitrogens with zero attached hydrogens (tertiary/aromatic N) is 3. The van der Waals surface area contributed by atoms with Gasteiger partial charge in [0.05, 0.1) is 26.1 Å².